The van der Waals surface area contributed by atoms with Crippen LogP contribution in [0.4, 0.5) is 5.82 Å². The van der Waals surface area contributed by atoms with Crippen LogP contribution in [0.25, 0.3) is 11.3 Å². The van der Waals surface area contributed by atoms with Gasteiger partial charge in [-0.05, 0) is 18.9 Å². The number of nitrogens with one attached hydrogen (secondary N) is 3. The molecule has 0 spiro atoms. The maximum absolute atomic E-state index is 4.91. The van der Waals surface area contributed by atoms with Crippen LogP contribution in [-0.4, -0.2) is 20.2 Å². The number of hydrogen-bond donors (Lipinski definition) is 3. The molecule has 0 amide bonds. The van der Waals surface area contributed by atoms with Crippen LogP contribution in [0.2, 0.25) is 0 Å². The van der Waals surface area contributed by atoms with Crippen LogP contribution in [-0.2, 0) is 19.6 Å². The summed E-state index contributed by atoms with van der Waals surface area (Å²) in [5.74, 6) is 2.52. The highest BCUT2D eigenvalue weighted by Gasteiger charge is 2.25. The molecule has 138 valence electrons. The van der Waals surface area contributed by atoms with Gasteiger partial charge in [0.05, 0.1) is 23.6 Å². The van der Waals surface area contributed by atoms with Crippen molar-refractivity contribution in [2.45, 2.75) is 51.2 Å². The number of anilines is 1. The van der Waals surface area contributed by atoms with Gasteiger partial charge in [0.2, 0.25) is 0 Å². The molecule has 1 aliphatic carbocycles. The molecule has 6 heteroatoms. The van der Waals surface area contributed by atoms with Crippen molar-refractivity contribution in [2.24, 2.45) is 0 Å². The molecule has 27 heavy (non-hydrogen) atoms. The van der Waals surface area contributed by atoms with E-state index in [1.165, 1.54) is 31.2 Å². The quantitative estimate of drug-likeness (QED) is 0.646. The zero-order valence-corrected chi connectivity index (χ0v) is 15.3. The van der Waals surface area contributed by atoms with Crippen LogP contribution >= 0.6 is 0 Å². The third kappa shape index (κ3) is 3.32. The van der Waals surface area contributed by atoms with E-state index in [9.17, 15) is 0 Å². The minimum absolute atomic E-state index is 0.522. The Bertz CT molecular complexity index is 927. The molecule has 2 aromatic heterocycles. The highest BCUT2D eigenvalue weighted by Crippen LogP contribution is 2.34. The molecule has 1 saturated carbocycles. The average molecular weight is 360 g/mol. The summed E-state index contributed by atoms with van der Waals surface area (Å²) in [5.41, 5.74) is 5.50. The van der Waals surface area contributed by atoms with Crippen LogP contribution in [0.5, 0.6) is 0 Å². The molecule has 6 nitrogen and oxygen atoms in total. The van der Waals surface area contributed by atoms with E-state index in [-0.39, 0.29) is 0 Å². The molecule has 0 radical (unpaired) electrons. The first-order valence-electron chi connectivity index (χ1n) is 9.81. The summed E-state index contributed by atoms with van der Waals surface area (Å²) in [7, 11) is 0. The number of hydrogen-bond acceptors (Lipinski definition) is 5. The van der Waals surface area contributed by atoms with Crippen molar-refractivity contribution in [3.63, 3.8) is 0 Å². The Morgan fingerprint density at radius 3 is 2.74 bits per heavy atom. The molecule has 0 unspecified atom stereocenters. The van der Waals surface area contributed by atoms with Gasteiger partial charge in [-0.3, -0.25) is 5.10 Å². The standard InChI is InChI=1S/C21H24N6/c1-2-6-14(7-3-1)18-10-16(26-27-18)11-23-21-17-12-22-13-19(17)24-20(25-21)15-8-4-5-9-15/h1-3,6-7,10,15,22H,4-5,8-9,11-13H2,(H,26,27)(H,23,24,25). The van der Waals surface area contributed by atoms with Gasteiger partial charge in [0, 0.05) is 30.1 Å². The number of benzene rings is 1. The van der Waals surface area contributed by atoms with Crippen molar-refractivity contribution < 1.29 is 0 Å². The minimum atomic E-state index is 0.522. The van der Waals surface area contributed by atoms with Gasteiger partial charge in [-0.25, -0.2) is 9.97 Å². The Labute approximate surface area is 158 Å². The van der Waals surface area contributed by atoms with Gasteiger partial charge in [-0.1, -0.05) is 43.2 Å². The summed E-state index contributed by atoms with van der Waals surface area (Å²) >= 11 is 0. The Morgan fingerprint density at radius 1 is 1.04 bits per heavy atom. The van der Waals surface area contributed by atoms with Crippen LogP contribution < -0.4 is 10.6 Å². The number of aromatic nitrogens is 4. The molecule has 0 saturated heterocycles. The third-order valence-electron chi connectivity index (χ3n) is 5.57. The number of fused-ring (bicyclic) bond motifs is 1. The Morgan fingerprint density at radius 2 is 1.89 bits per heavy atom. The maximum atomic E-state index is 4.91. The van der Waals surface area contributed by atoms with E-state index in [0.717, 1.165) is 47.4 Å². The smallest absolute Gasteiger partial charge is 0.134 e. The van der Waals surface area contributed by atoms with Gasteiger partial charge >= 0.3 is 0 Å². The molecule has 3 aromatic rings. The average Bonchev–Trinajstić information content (AvgIpc) is 3.48. The van der Waals surface area contributed by atoms with Crippen LogP contribution in [0.15, 0.2) is 36.4 Å². The topological polar surface area (TPSA) is 78.5 Å². The van der Waals surface area contributed by atoms with Crippen LogP contribution in [0.1, 0.15) is 54.4 Å². The summed E-state index contributed by atoms with van der Waals surface area (Å²) in [5, 5.41) is 14.5. The van der Waals surface area contributed by atoms with Crippen molar-refractivity contribution in [3.05, 3.63) is 59.2 Å². The highest BCUT2D eigenvalue weighted by atomic mass is 15.1. The Kier molecular flexibility index (Phi) is 4.33. The predicted molar refractivity (Wildman–Crippen MR) is 105 cm³/mol. The summed E-state index contributed by atoms with van der Waals surface area (Å²) in [4.78, 5) is 9.77. The van der Waals surface area contributed by atoms with Gasteiger partial charge in [0.1, 0.15) is 11.6 Å². The van der Waals surface area contributed by atoms with E-state index < -0.39 is 0 Å². The SMILES string of the molecule is c1ccc(-c2cc(CNc3nc(C4CCCC4)nc4c3CNC4)[nH]n2)cc1. The lowest BCUT2D eigenvalue weighted by molar-refractivity contribution is 0.660. The molecular weight excluding hydrogens is 336 g/mol. The molecule has 3 heterocycles. The fourth-order valence-electron chi connectivity index (χ4n) is 4.09. The first kappa shape index (κ1) is 16.4. The van der Waals surface area contributed by atoms with E-state index in [4.69, 9.17) is 9.97 Å². The summed E-state index contributed by atoms with van der Waals surface area (Å²) in [6.07, 6.45) is 5.02. The largest absolute Gasteiger partial charge is 0.364 e. The normalized spacial score (nSPS) is 16.6. The van der Waals surface area contributed by atoms with Crippen LogP contribution in [0.3, 0.4) is 0 Å². The van der Waals surface area contributed by atoms with E-state index in [1.807, 2.05) is 18.2 Å². The number of H-pyrrole nitrogens is 1. The molecular formula is C21H24N6. The fourth-order valence-corrected chi connectivity index (χ4v) is 4.09. The highest BCUT2D eigenvalue weighted by molar-refractivity contribution is 5.59. The zero-order chi connectivity index (χ0) is 18.1. The fraction of sp³-hybridized carbons (Fsp3) is 0.381. The van der Waals surface area contributed by atoms with Gasteiger partial charge in [0.15, 0.2) is 0 Å². The molecule has 2 aliphatic rings. The van der Waals surface area contributed by atoms with Crippen LogP contribution in [0, 0.1) is 0 Å². The van der Waals surface area contributed by atoms with E-state index in [0.29, 0.717) is 12.5 Å². The summed E-state index contributed by atoms with van der Waals surface area (Å²) in [6, 6.07) is 12.3. The number of nitrogens with zero attached hydrogens (tertiary/aromatic N) is 3. The first-order chi connectivity index (χ1) is 13.4. The Hall–Kier alpha value is -2.73. The zero-order valence-electron chi connectivity index (χ0n) is 15.3. The summed E-state index contributed by atoms with van der Waals surface area (Å²) < 4.78 is 0. The molecule has 3 N–H and O–H groups in total. The third-order valence-corrected chi connectivity index (χ3v) is 5.57. The lowest BCUT2D eigenvalue weighted by Gasteiger charge is -2.14. The van der Waals surface area contributed by atoms with Crippen molar-refractivity contribution in [1.29, 1.82) is 0 Å². The number of aromatic amines is 1. The lowest BCUT2D eigenvalue weighted by Crippen LogP contribution is -2.11. The molecule has 1 aliphatic heterocycles. The minimum Gasteiger partial charge on any atom is -0.364 e. The van der Waals surface area contributed by atoms with E-state index in [1.54, 1.807) is 0 Å². The number of rotatable bonds is 5. The van der Waals surface area contributed by atoms with Gasteiger partial charge < -0.3 is 10.6 Å². The van der Waals surface area contributed by atoms with E-state index >= 15 is 0 Å². The van der Waals surface area contributed by atoms with Crippen molar-refractivity contribution in [1.82, 2.24) is 25.5 Å². The monoisotopic (exact) mass is 360 g/mol. The molecule has 1 aromatic carbocycles. The first-order valence-corrected chi connectivity index (χ1v) is 9.81. The van der Waals surface area contributed by atoms with Crippen molar-refractivity contribution in [3.8, 4) is 11.3 Å². The second-order valence-electron chi connectivity index (χ2n) is 7.44. The van der Waals surface area contributed by atoms with E-state index in [2.05, 4.69) is 39.0 Å². The molecule has 5 rings (SSSR count). The maximum Gasteiger partial charge on any atom is 0.134 e. The Balaban J connectivity index is 1.36. The molecule has 0 atom stereocenters. The van der Waals surface area contributed by atoms with Gasteiger partial charge in [-0.2, -0.15) is 5.10 Å². The van der Waals surface area contributed by atoms with Gasteiger partial charge in [0.25, 0.3) is 0 Å². The summed E-state index contributed by atoms with van der Waals surface area (Å²) in [6.45, 7) is 2.35. The molecule has 1 fully saturated rings. The van der Waals surface area contributed by atoms with Gasteiger partial charge in [-0.15, -0.1) is 0 Å². The lowest BCUT2D eigenvalue weighted by atomic mass is 10.1. The second kappa shape index (κ2) is 7.12. The van der Waals surface area contributed by atoms with Crippen molar-refractivity contribution >= 4 is 5.82 Å². The second-order valence-corrected chi connectivity index (χ2v) is 7.44. The van der Waals surface area contributed by atoms with Crippen molar-refractivity contribution in [2.75, 3.05) is 5.32 Å². The predicted octanol–water partition coefficient (Wildman–Crippen LogP) is 3.74. The molecule has 0 bridgehead atoms.